The molecule has 2 heterocycles. The Bertz CT molecular complexity index is 1740. The van der Waals surface area contributed by atoms with Crippen LogP contribution in [-0.2, 0) is 16.0 Å². The number of rotatable bonds is 7. The molecule has 12 heteroatoms. The molecular weight excluding hydrogens is 565 g/mol. The Morgan fingerprint density at radius 3 is 2.26 bits per heavy atom. The van der Waals surface area contributed by atoms with Crippen LogP contribution < -0.4 is 21.5 Å². The molecule has 0 spiro atoms. The lowest BCUT2D eigenvalue weighted by Gasteiger charge is -2.26. The molecule has 1 saturated heterocycles. The number of hydrogen-bond acceptors (Lipinski definition) is 7. The SMILES string of the molecule is Cc1nc(C(F)(F)F)cn1-c1ccc(-c2cccc(S(C)(=O)=O)c2)cc1N(N)/C(=C\N)c1ccc(N2CCCC2)cc1. The van der Waals surface area contributed by atoms with Gasteiger partial charge in [-0.15, -0.1) is 0 Å². The number of hydrazine groups is 1. The van der Waals surface area contributed by atoms with E-state index < -0.39 is 21.7 Å². The van der Waals surface area contributed by atoms with Crippen LogP contribution in [0.5, 0.6) is 0 Å². The smallest absolute Gasteiger partial charge is 0.403 e. The van der Waals surface area contributed by atoms with Crippen molar-refractivity contribution in [3.8, 4) is 16.8 Å². The second-order valence-electron chi connectivity index (χ2n) is 10.2. The average molecular weight is 597 g/mol. The summed E-state index contributed by atoms with van der Waals surface area (Å²) in [7, 11) is -3.47. The number of aryl methyl sites for hydroxylation is 1. The number of halogens is 3. The Labute approximate surface area is 242 Å². The van der Waals surface area contributed by atoms with Crippen LogP contribution in [0.4, 0.5) is 24.5 Å². The predicted molar refractivity (Wildman–Crippen MR) is 159 cm³/mol. The number of nitrogens with two attached hydrogens (primary N) is 2. The number of hydrogen-bond donors (Lipinski definition) is 2. The van der Waals surface area contributed by atoms with Crippen LogP contribution in [0.15, 0.2) is 84.0 Å². The Morgan fingerprint density at radius 2 is 1.67 bits per heavy atom. The van der Waals surface area contributed by atoms with Crippen molar-refractivity contribution in [3.63, 3.8) is 0 Å². The van der Waals surface area contributed by atoms with Crippen LogP contribution in [0.3, 0.4) is 0 Å². The minimum atomic E-state index is -4.63. The van der Waals surface area contributed by atoms with E-state index in [-0.39, 0.29) is 10.7 Å². The highest BCUT2D eigenvalue weighted by atomic mass is 32.2. The van der Waals surface area contributed by atoms with Gasteiger partial charge in [-0.05, 0) is 67.3 Å². The fourth-order valence-electron chi connectivity index (χ4n) is 5.12. The first-order valence-corrected chi connectivity index (χ1v) is 15.2. The van der Waals surface area contributed by atoms with Gasteiger partial charge in [-0.2, -0.15) is 13.2 Å². The van der Waals surface area contributed by atoms with E-state index in [2.05, 4.69) is 9.88 Å². The molecule has 1 fully saturated rings. The average Bonchev–Trinajstić information content (AvgIpc) is 3.63. The molecule has 1 aliphatic rings. The minimum Gasteiger partial charge on any atom is -0.403 e. The Kier molecular flexibility index (Phi) is 7.78. The summed E-state index contributed by atoms with van der Waals surface area (Å²) in [6.45, 7) is 3.45. The fourth-order valence-corrected chi connectivity index (χ4v) is 5.79. The maximum absolute atomic E-state index is 13.5. The van der Waals surface area contributed by atoms with Gasteiger partial charge in [0.2, 0.25) is 0 Å². The third kappa shape index (κ3) is 5.86. The molecule has 0 bridgehead atoms. The maximum Gasteiger partial charge on any atom is 0.434 e. The Balaban J connectivity index is 1.62. The third-order valence-corrected chi connectivity index (χ3v) is 8.42. The summed E-state index contributed by atoms with van der Waals surface area (Å²) >= 11 is 0. The largest absolute Gasteiger partial charge is 0.434 e. The van der Waals surface area contributed by atoms with Crippen molar-refractivity contribution in [2.45, 2.75) is 30.8 Å². The van der Waals surface area contributed by atoms with Gasteiger partial charge in [0, 0.05) is 43.0 Å². The van der Waals surface area contributed by atoms with Gasteiger partial charge in [0.15, 0.2) is 15.5 Å². The van der Waals surface area contributed by atoms with Crippen molar-refractivity contribution in [3.05, 3.63) is 96.2 Å². The van der Waals surface area contributed by atoms with Crippen LogP contribution in [0.25, 0.3) is 22.5 Å². The number of aromatic nitrogens is 2. The molecule has 42 heavy (non-hydrogen) atoms. The van der Waals surface area contributed by atoms with E-state index in [1.165, 1.54) is 34.8 Å². The van der Waals surface area contributed by atoms with Crippen LogP contribution in [0.2, 0.25) is 0 Å². The molecular formula is C30H31F3N6O2S. The minimum absolute atomic E-state index is 0.108. The van der Waals surface area contributed by atoms with Gasteiger partial charge in [0.1, 0.15) is 5.82 Å². The lowest BCUT2D eigenvalue weighted by molar-refractivity contribution is -0.141. The van der Waals surface area contributed by atoms with Gasteiger partial charge < -0.3 is 15.2 Å². The van der Waals surface area contributed by atoms with E-state index in [1.807, 2.05) is 24.3 Å². The molecule has 1 aromatic heterocycles. The topological polar surface area (TPSA) is 110 Å². The second kappa shape index (κ2) is 11.2. The predicted octanol–water partition coefficient (Wildman–Crippen LogP) is 5.51. The van der Waals surface area contributed by atoms with Crippen LogP contribution in [0, 0.1) is 6.92 Å². The number of alkyl halides is 3. The van der Waals surface area contributed by atoms with Crippen molar-refractivity contribution < 1.29 is 21.6 Å². The van der Waals surface area contributed by atoms with E-state index in [0.717, 1.165) is 44.1 Å². The quantitative estimate of drug-likeness (QED) is 0.214. The van der Waals surface area contributed by atoms with E-state index in [1.54, 1.807) is 30.3 Å². The van der Waals surface area contributed by atoms with E-state index in [9.17, 15) is 21.6 Å². The number of nitrogens with zero attached hydrogens (tertiary/aromatic N) is 4. The maximum atomic E-state index is 13.5. The van der Waals surface area contributed by atoms with Crippen molar-refractivity contribution in [2.24, 2.45) is 11.6 Å². The monoisotopic (exact) mass is 596 g/mol. The van der Waals surface area contributed by atoms with Crippen molar-refractivity contribution in [1.82, 2.24) is 9.55 Å². The zero-order valence-electron chi connectivity index (χ0n) is 23.1. The first kappa shape index (κ1) is 29.2. The van der Waals surface area contributed by atoms with Gasteiger partial charge in [-0.25, -0.2) is 19.2 Å². The molecule has 3 aromatic carbocycles. The summed E-state index contributed by atoms with van der Waals surface area (Å²) in [5.41, 5.74) is 9.08. The Morgan fingerprint density at radius 1 is 1.00 bits per heavy atom. The van der Waals surface area contributed by atoms with Gasteiger partial charge >= 0.3 is 6.18 Å². The molecule has 5 rings (SSSR count). The molecule has 0 aliphatic carbocycles. The molecule has 0 radical (unpaired) electrons. The summed E-state index contributed by atoms with van der Waals surface area (Å²) in [6.07, 6.45) is 1.03. The first-order chi connectivity index (χ1) is 19.9. The summed E-state index contributed by atoms with van der Waals surface area (Å²) in [6, 6.07) is 19.2. The zero-order chi connectivity index (χ0) is 30.2. The highest BCUT2D eigenvalue weighted by Gasteiger charge is 2.35. The van der Waals surface area contributed by atoms with E-state index in [4.69, 9.17) is 11.6 Å². The number of imidazole rings is 1. The van der Waals surface area contributed by atoms with Gasteiger partial charge in [0.05, 0.1) is 22.0 Å². The molecule has 0 atom stereocenters. The van der Waals surface area contributed by atoms with Gasteiger partial charge in [-0.1, -0.05) is 30.3 Å². The molecule has 0 unspecified atom stereocenters. The Hall–Kier alpha value is -4.29. The lowest BCUT2D eigenvalue weighted by atomic mass is 10.0. The fraction of sp³-hybridized carbons (Fsp3) is 0.233. The van der Waals surface area contributed by atoms with Crippen LogP contribution >= 0.6 is 0 Å². The van der Waals surface area contributed by atoms with Crippen molar-refractivity contribution in [1.29, 1.82) is 0 Å². The summed E-state index contributed by atoms with van der Waals surface area (Å²) < 4.78 is 66.3. The zero-order valence-corrected chi connectivity index (χ0v) is 24.0. The highest BCUT2D eigenvalue weighted by Crippen LogP contribution is 2.36. The first-order valence-electron chi connectivity index (χ1n) is 13.3. The number of benzene rings is 3. The third-order valence-electron chi connectivity index (χ3n) is 7.31. The van der Waals surface area contributed by atoms with E-state index in [0.29, 0.717) is 33.8 Å². The van der Waals surface area contributed by atoms with Crippen molar-refractivity contribution >= 4 is 26.9 Å². The standard InChI is InChI=1S/C30H31F3N6O2S/c1-20-36-29(30(31,32)33)19-38(20)26-13-10-23(22-6-5-7-25(16-22)42(2,40)41)17-27(26)39(35)28(18-34)21-8-11-24(12-9-21)37-14-3-4-15-37/h5-13,16-19H,3-4,14-15,34-35H2,1-2H3/b28-18-. The number of anilines is 2. The number of sulfone groups is 1. The van der Waals surface area contributed by atoms with Crippen molar-refractivity contribution in [2.75, 3.05) is 29.3 Å². The second-order valence-corrected chi connectivity index (χ2v) is 12.2. The van der Waals surface area contributed by atoms with E-state index >= 15 is 0 Å². The molecule has 8 nitrogen and oxygen atoms in total. The normalized spacial score (nSPS) is 14.4. The lowest BCUT2D eigenvalue weighted by Crippen LogP contribution is -2.31. The highest BCUT2D eigenvalue weighted by molar-refractivity contribution is 7.90. The van der Waals surface area contributed by atoms with Gasteiger partial charge in [-0.3, -0.25) is 5.01 Å². The molecule has 0 saturated carbocycles. The molecule has 0 amide bonds. The summed E-state index contributed by atoms with van der Waals surface area (Å²) in [5, 5.41) is 1.32. The molecule has 220 valence electrons. The molecule has 4 aromatic rings. The van der Waals surface area contributed by atoms with Crippen LogP contribution in [0.1, 0.15) is 29.9 Å². The molecule has 4 N–H and O–H groups in total. The van der Waals surface area contributed by atoms with Gasteiger partial charge in [0.25, 0.3) is 0 Å². The molecule has 1 aliphatic heterocycles. The summed E-state index contributed by atoms with van der Waals surface area (Å²) in [5.74, 6) is 6.80. The summed E-state index contributed by atoms with van der Waals surface area (Å²) in [4.78, 5) is 6.15. The van der Waals surface area contributed by atoms with Crippen LogP contribution in [-0.4, -0.2) is 37.3 Å².